The molecule has 17 heavy (non-hydrogen) atoms. The van der Waals surface area contributed by atoms with E-state index in [4.69, 9.17) is 0 Å². The van der Waals surface area contributed by atoms with Crippen LogP contribution in [0.15, 0.2) is 0 Å². The Hall–Kier alpha value is -0.120. The highest BCUT2D eigenvalue weighted by Gasteiger charge is 2.38. The SMILES string of the molecule is CCNC1CCN(CC2(N(C)C)CCCC2)C1. The maximum absolute atomic E-state index is 3.59. The van der Waals surface area contributed by atoms with E-state index in [1.165, 1.54) is 51.7 Å². The zero-order chi connectivity index (χ0) is 12.3. The van der Waals surface area contributed by atoms with Crippen molar-refractivity contribution in [3.8, 4) is 0 Å². The van der Waals surface area contributed by atoms with Crippen LogP contribution in [0.25, 0.3) is 0 Å². The van der Waals surface area contributed by atoms with Gasteiger partial charge in [-0.1, -0.05) is 19.8 Å². The molecule has 1 saturated carbocycles. The van der Waals surface area contributed by atoms with Crippen molar-refractivity contribution < 1.29 is 0 Å². The molecule has 1 saturated heterocycles. The molecule has 1 atom stereocenters. The fourth-order valence-electron chi connectivity index (χ4n) is 3.63. The number of nitrogens with one attached hydrogen (secondary N) is 1. The molecule has 0 spiro atoms. The normalized spacial score (nSPS) is 29.3. The van der Waals surface area contributed by atoms with Crippen LogP contribution in [0, 0.1) is 0 Å². The molecule has 1 aliphatic carbocycles. The summed E-state index contributed by atoms with van der Waals surface area (Å²) < 4.78 is 0. The first-order valence-corrected chi connectivity index (χ1v) is 7.29. The van der Waals surface area contributed by atoms with Crippen LogP contribution in [-0.4, -0.2) is 61.7 Å². The van der Waals surface area contributed by atoms with E-state index in [-0.39, 0.29) is 0 Å². The summed E-state index contributed by atoms with van der Waals surface area (Å²) in [6, 6.07) is 0.737. The molecular formula is C14H29N3. The predicted molar refractivity (Wildman–Crippen MR) is 73.4 cm³/mol. The zero-order valence-corrected chi connectivity index (χ0v) is 11.8. The first-order chi connectivity index (χ1) is 8.16. The van der Waals surface area contributed by atoms with Gasteiger partial charge in [-0.25, -0.2) is 0 Å². The standard InChI is InChI=1S/C14H29N3/c1-4-15-13-7-10-17(11-13)12-14(16(2)3)8-5-6-9-14/h13,15H,4-12H2,1-3H3. The molecule has 1 unspecified atom stereocenters. The third-order valence-electron chi connectivity index (χ3n) is 4.77. The van der Waals surface area contributed by atoms with Crippen molar-refractivity contribution in [3.63, 3.8) is 0 Å². The van der Waals surface area contributed by atoms with Gasteiger partial charge in [-0.2, -0.15) is 0 Å². The second-order valence-corrected chi connectivity index (χ2v) is 6.10. The first kappa shape index (κ1) is 13.3. The lowest BCUT2D eigenvalue weighted by Crippen LogP contribution is -2.50. The zero-order valence-electron chi connectivity index (χ0n) is 11.8. The molecule has 2 aliphatic rings. The Morgan fingerprint density at radius 3 is 2.59 bits per heavy atom. The van der Waals surface area contributed by atoms with Gasteiger partial charge in [-0.05, 0) is 46.4 Å². The molecule has 2 fully saturated rings. The van der Waals surface area contributed by atoms with Gasteiger partial charge >= 0.3 is 0 Å². The molecule has 100 valence electrons. The summed E-state index contributed by atoms with van der Waals surface area (Å²) in [5, 5.41) is 3.59. The number of likely N-dealkylation sites (N-methyl/N-ethyl adjacent to an activating group) is 2. The number of rotatable bonds is 5. The van der Waals surface area contributed by atoms with Crippen molar-refractivity contribution in [1.82, 2.24) is 15.1 Å². The number of nitrogens with zero attached hydrogens (tertiary/aromatic N) is 2. The summed E-state index contributed by atoms with van der Waals surface area (Å²) in [5.41, 5.74) is 0.473. The first-order valence-electron chi connectivity index (χ1n) is 7.29. The quantitative estimate of drug-likeness (QED) is 0.785. The van der Waals surface area contributed by atoms with E-state index in [1.807, 2.05) is 0 Å². The van der Waals surface area contributed by atoms with Crippen molar-refractivity contribution in [2.45, 2.75) is 50.6 Å². The van der Waals surface area contributed by atoms with E-state index in [9.17, 15) is 0 Å². The second kappa shape index (κ2) is 5.68. The van der Waals surface area contributed by atoms with Crippen molar-refractivity contribution in [3.05, 3.63) is 0 Å². The van der Waals surface area contributed by atoms with E-state index in [2.05, 4.69) is 36.1 Å². The van der Waals surface area contributed by atoms with Crippen molar-refractivity contribution in [2.24, 2.45) is 0 Å². The Balaban J connectivity index is 1.87. The van der Waals surface area contributed by atoms with Crippen LogP contribution < -0.4 is 5.32 Å². The van der Waals surface area contributed by atoms with E-state index in [1.54, 1.807) is 0 Å². The maximum atomic E-state index is 3.59. The monoisotopic (exact) mass is 239 g/mol. The van der Waals surface area contributed by atoms with Crippen LogP contribution >= 0.6 is 0 Å². The van der Waals surface area contributed by atoms with E-state index >= 15 is 0 Å². The highest BCUT2D eigenvalue weighted by Crippen LogP contribution is 2.35. The molecule has 0 aromatic carbocycles. The van der Waals surface area contributed by atoms with Crippen molar-refractivity contribution >= 4 is 0 Å². The molecule has 0 radical (unpaired) electrons. The summed E-state index contributed by atoms with van der Waals surface area (Å²) in [4.78, 5) is 5.17. The molecule has 1 N–H and O–H groups in total. The lowest BCUT2D eigenvalue weighted by Gasteiger charge is -2.39. The van der Waals surface area contributed by atoms with Crippen molar-refractivity contribution in [1.29, 1.82) is 0 Å². The summed E-state index contributed by atoms with van der Waals surface area (Å²) >= 11 is 0. The highest BCUT2D eigenvalue weighted by atomic mass is 15.3. The molecule has 0 aromatic rings. The van der Waals surface area contributed by atoms with Gasteiger partial charge in [0.2, 0.25) is 0 Å². The lowest BCUT2D eigenvalue weighted by molar-refractivity contribution is 0.104. The van der Waals surface area contributed by atoms with E-state index < -0.39 is 0 Å². The molecule has 3 heteroatoms. The average molecular weight is 239 g/mol. The molecule has 2 rings (SSSR count). The van der Waals surface area contributed by atoms with Crippen LogP contribution in [0.3, 0.4) is 0 Å². The summed E-state index contributed by atoms with van der Waals surface area (Å²) in [6.07, 6.45) is 6.95. The highest BCUT2D eigenvalue weighted by molar-refractivity contribution is 4.97. The van der Waals surface area contributed by atoms with Gasteiger partial charge < -0.3 is 10.2 Å². The van der Waals surface area contributed by atoms with Crippen LogP contribution in [0.4, 0.5) is 0 Å². The minimum absolute atomic E-state index is 0.473. The maximum Gasteiger partial charge on any atom is 0.0330 e. The molecular weight excluding hydrogens is 210 g/mol. The number of hydrogen-bond acceptors (Lipinski definition) is 3. The molecule has 0 bridgehead atoms. The Labute approximate surface area is 107 Å². The lowest BCUT2D eigenvalue weighted by atomic mass is 9.95. The van der Waals surface area contributed by atoms with E-state index in [0.717, 1.165) is 12.6 Å². The summed E-state index contributed by atoms with van der Waals surface area (Å²) in [5.74, 6) is 0. The smallest absolute Gasteiger partial charge is 0.0330 e. The molecule has 1 aliphatic heterocycles. The Bertz CT molecular complexity index is 234. The average Bonchev–Trinajstić information content (AvgIpc) is 2.90. The number of hydrogen-bond donors (Lipinski definition) is 1. The summed E-state index contributed by atoms with van der Waals surface area (Å²) in [6.45, 7) is 7.14. The Morgan fingerprint density at radius 2 is 2.00 bits per heavy atom. The van der Waals surface area contributed by atoms with Gasteiger partial charge in [0.15, 0.2) is 0 Å². The second-order valence-electron chi connectivity index (χ2n) is 6.10. The topological polar surface area (TPSA) is 18.5 Å². The summed E-state index contributed by atoms with van der Waals surface area (Å²) in [7, 11) is 4.53. The third-order valence-corrected chi connectivity index (χ3v) is 4.77. The molecule has 0 amide bonds. The van der Waals surface area contributed by atoms with Gasteiger partial charge in [-0.3, -0.25) is 4.90 Å². The third kappa shape index (κ3) is 3.01. The van der Waals surface area contributed by atoms with Gasteiger partial charge in [-0.15, -0.1) is 0 Å². The fourth-order valence-corrected chi connectivity index (χ4v) is 3.63. The Kier molecular flexibility index (Phi) is 4.45. The van der Waals surface area contributed by atoms with Crippen LogP contribution in [-0.2, 0) is 0 Å². The minimum atomic E-state index is 0.473. The van der Waals surface area contributed by atoms with Gasteiger partial charge in [0.1, 0.15) is 0 Å². The molecule has 1 heterocycles. The van der Waals surface area contributed by atoms with Crippen LogP contribution in [0.1, 0.15) is 39.0 Å². The van der Waals surface area contributed by atoms with E-state index in [0.29, 0.717) is 5.54 Å². The Morgan fingerprint density at radius 1 is 1.29 bits per heavy atom. The van der Waals surface area contributed by atoms with Crippen LogP contribution in [0.2, 0.25) is 0 Å². The predicted octanol–water partition coefficient (Wildman–Crippen LogP) is 1.54. The van der Waals surface area contributed by atoms with Gasteiger partial charge in [0, 0.05) is 24.7 Å². The molecule has 0 aromatic heterocycles. The van der Waals surface area contributed by atoms with Crippen LogP contribution in [0.5, 0.6) is 0 Å². The number of likely N-dealkylation sites (tertiary alicyclic amines) is 1. The minimum Gasteiger partial charge on any atom is -0.313 e. The van der Waals surface area contributed by atoms with Crippen molar-refractivity contribution in [2.75, 3.05) is 40.3 Å². The largest absolute Gasteiger partial charge is 0.313 e. The molecule has 3 nitrogen and oxygen atoms in total. The van der Waals surface area contributed by atoms with Gasteiger partial charge in [0.05, 0.1) is 0 Å². The fraction of sp³-hybridized carbons (Fsp3) is 1.00. The van der Waals surface area contributed by atoms with Gasteiger partial charge in [0.25, 0.3) is 0 Å².